The van der Waals surface area contributed by atoms with Gasteiger partial charge >= 0.3 is 0 Å². The fourth-order valence-corrected chi connectivity index (χ4v) is 2.44. The van der Waals surface area contributed by atoms with Crippen molar-refractivity contribution in [2.45, 2.75) is 19.9 Å². The first-order valence-electron chi connectivity index (χ1n) is 8.49. The predicted molar refractivity (Wildman–Crippen MR) is 97.7 cm³/mol. The van der Waals surface area contributed by atoms with Crippen molar-refractivity contribution in [3.63, 3.8) is 0 Å². The molecule has 0 saturated heterocycles. The highest BCUT2D eigenvalue weighted by Gasteiger charge is 2.12. The molecule has 138 valence electrons. The summed E-state index contributed by atoms with van der Waals surface area (Å²) in [6.07, 6.45) is 0.859. The maximum Gasteiger partial charge on any atom is 0.284 e. The van der Waals surface area contributed by atoms with E-state index in [1.807, 2.05) is 25.1 Å². The van der Waals surface area contributed by atoms with E-state index in [0.29, 0.717) is 37.2 Å². The molecule has 8 nitrogen and oxygen atoms in total. The van der Waals surface area contributed by atoms with E-state index in [1.165, 1.54) is 6.07 Å². The van der Waals surface area contributed by atoms with Gasteiger partial charge in [0.15, 0.2) is 23.2 Å². The van der Waals surface area contributed by atoms with Crippen LogP contribution in [0.5, 0.6) is 11.5 Å². The van der Waals surface area contributed by atoms with Crippen molar-refractivity contribution < 1.29 is 18.7 Å². The second-order valence-corrected chi connectivity index (χ2v) is 5.66. The highest BCUT2D eigenvalue weighted by atomic mass is 16.5. The third-order valence-electron chi connectivity index (χ3n) is 3.65. The Bertz CT molecular complexity index is 800. The number of hydrogen-bond acceptors (Lipinski definition) is 5. The number of benzene rings is 1. The molecule has 8 heteroatoms. The summed E-state index contributed by atoms with van der Waals surface area (Å²) in [6, 6.07) is 8.88. The number of carbonyl (C=O) groups is 1. The third kappa shape index (κ3) is 4.47. The van der Waals surface area contributed by atoms with E-state index in [4.69, 9.17) is 19.6 Å². The van der Waals surface area contributed by atoms with Gasteiger partial charge < -0.3 is 30.3 Å². The van der Waals surface area contributed by atoms with E-state index in [2.05, 4.69) is 15.6 Å². The van der Waals surface area contributed by atoms with Gasteiger partial charge in [-0.05, 0) is 31.2 Å². The average Bonchev–Trinajstić information content (AvgIpc) is 2.98. The first-order chi connectivity index (χ1) is 12.7. The fraction of sp³-hybridized carbons (Fsp3) is 0.333. The zero-order valence-electron chi connectivity index (χ0n) is 14.6. The first kappa shape index (κ1) is 17.7. The van der Waals surface area contributed by atoms with Crippen molar-refractivity contribution in [3.05, 3.63) is 41.9 Å². The van der Waals surface area contributed by atoms with Crippen molar-refractivity contribution in [2.24, 2.45) is 10.7 Å². The summed E-state index contributed by atoms with van der Waals surface area (Å²) < 4.78 is 16.7. The fourth-order valence-electron chi connectivity index (χ4n) is 2.44. The van der Waals surface area contributed by atoms with Crippen molar-refractivity contribution >= 4 is 17.6 Å². The van der Waals surface area contributed by atoms with Gasteiger partial charge in [-0.1, -0.05) is 0 Å². The van der Waals surface area contributed by atoms with Crippen LogP contribution in [0.15, 0.2) is 39.7 Å². The Balaban J connectivity index is 1.71. The maximum absolute atomic E-state index is 11.1. The van der Waals surface area contributed by atoms with E-state index in [9.17, 15) is 4.79 Å². The number of furan rings is 1. The van der Waals surface area contributed by atoms with Gasteiger partial charge in [0.1, 0.15) is 12.3 Å². The molecular formula is C18H22N4O4. The number of amides is 1. The monoisotopic (exact) mass is 358 g/mol. The van der Waals surface area contributed by atoms with E-state index in [-0.39, 0.29) is 12.3 Å². The number of fused-ring (bicyclic) bond motifs is 1. The minimum Gasteiger partial charge on any atom is -0.490 e. The molecule has 1 amide bonds. The summed E-state index contributed by atoms with van der Waals surface area (Å²) in [5.74, 6) is 2.10. The van der Waals surface area contributed by atoms with Crippen LogP contribution >= 0.6 is 0 Å². The minimum absolute atomic E-state index is 0.121. The van der Waals surface area contributed by atoms with Crippen molar-refractivity contribution in [3.8, 4) is 11.5 Å². The molecular weight excluding hydrogens is 336 g/mol. The largest absolute Gasteiger partial charge is 0.490 e. The number of guanidine groups is 1. The molecule has 0 atom stereocenters. The molecule has 3 rings (SSSR count). The molecule has 2 aromatic rings. The summed E-state index contributed by atoms with van der Waals surface area (Å²) >= 11 is 0. The maximum atomic E-state index is 11.1. The van der Waals surface area contributed by atoms with Crippen LogP contribution in [0.1, 0.15) is 29.7 Å². The van der Waals surface area contributed by atoms with Gasteiger partial charge in [0, 0.05) is 24.7 Å². The lowest BCUT2D eigenvalue weighted by Gasteiger charge is -2.13. The summed E-state index contributed by atoms with van der Waals surface area (Å²) in [4.78, 5) is 15.5. The number of primary amides is 1. The van der Waals surface area contributed by atoms with Gasteiger partial charge in [-0.3, -0.25) is 4.79 Å². The van der Waals surface area contributed by atoms with Crippen LogP contribution in [0.25, 0.3) is 0 Å². The van der Waals surface area contributed by atoms with E-state index in [1.54, 1.807) is 6.07 Å². The van der Waals surface area contributed by atoms with Gasteiger partial charge in [0.2, 0.25) is 0 Å². The second kappa shape index (κ2) is 8.28. The summed E-state index contributed by atoms with van der Waals surface area (Å²) in [6.45, 7) is 4.23. The van der Waals surface area contributed by atoms with Crippen LogP contribution in [0, 0.1) is 0 Å². The second-order valence-electron chi connectivity index (χ2n) is 5.66. The summed E-state index contributed by atoms with van der Waals surface area (Å²) in [5.41, 5.74) is 6.01. The minimum atomic E-state index is -0.600. The number of anilines is 1. The van der Waals surface area contributed by atoms with Crippen molar-refractivity contribution in [1.82, 2.24) is 5.32 Å². The molecule has 4 N–H and O–H groups in total. The van der Waals surface area contributed by atoms with Gasteiger partial charge in [-0.15, -0.1) is 0 Å². The molecule has 1 aromatic heterocycles. The van der Waals surface area contributed by atoms with E-state index < -0.39 is 5.91 Å². The molecule has 1 aliphatic heterocycles. The standard InChI is InChI=1S/C18H22N4O4/c1-2-20-18(21-11-13-5-7-15(26-13)17(19)23)22-12-4-6-14-16(10-12)25-9-3-8-24-14/h4-7,10H,2-3,8-9,11H2,1H3,(H2,19,23)(H2,20,21,22). The molecule has 0 unspecified atom stereocenters. The Kier molecular flexibility index (Phi) is 5.62. The molecule has 0 radical (unpaired) electrons. The van der Waals surface area contributed by atoms with Crippen LogP contribution in [0.4, 0.5) is 5.69 Å². The highest BCUT2D eigenvalue weighted by Crippen LogP contribution is 2.32. The van der Waals surface area contributed by atoms with Gasteiger partial charge in [0.25, 0.3) is 5.91 Å². The summed E-state index contributed by atoms with van der Waals surface area (Å²) in [5, 5.41) is 6.38. The van der Waals surface area contributed by atoms with Crippen molar-refractivity contribution in [2.75, 3.05) is 25.1 Å². The lowest BCUT2D eigenvalue weighted by atomic mass is 10.3. The van der Waals surface area contributed by atoms with Gasteiger partial charge in [-0.25, -0.2) is 4.99 Å². The normalized spacial score (nSPS) is 13.8. The molecule has 1 aliphatic rings. The topological polar surface area (TPSA) is 111 Å². The van der Waals surface area contributed by atoms with Crippen molar-refractivity contribution in [1.29, 1.82) is 0 Å². The predicted octanol–water partition coefficient (Wildman–Crippen LogP) is 2.12. The number of carbonyl (C=O) groups excluding carboxylic acids is 1. The zero-order chi connectivity index (χ0) is 18.4. The first-order valence-corrected chi connectivity index (χ1v) is 8.49. The molecule has 0 spiro atoms. The van der Waals surface area contributed by atoms with Crippen LogP contribution in [0.3, 0.4) is 0 Å². The Hall–Kier alpha value is -3.16. The van der Waals surface area contributed by atoms with E-state index in [0.717, 1.165) is 17.9 Å². The number of rotatable bonds is 5. The van der Waals surface area contributed by atoms with Gasteiger partial charge in [-0.2, -0.15) is 0 Å². The number of hydrogen-bond donors (Lipinski definition) is 3. The highest BCUT2D eigenvalue weighted by molar-refractivity contribution is 5.94. The quantitative estimate of drug-likeness (QED) is 0.558. The number of nitrogens with zero attached hydrogens (tertiary/aromatic N) is 1. The average molecular weight is 358 g/mol. The van der Waals surface area contributed by atoms with Crippen LogP contribution < -0.4 is 25.8 Å². The summed E-state index contributed by atoms with van der Waals surface area (Å²) in [7, 11) is 0. The number of ether oxygens (including phenoxy) is 2. The number of nitrogens with one attached hydrogen (secondary N) is 2. The number of aliphatic imine (C=N–C) groups is 1. The molecule has 0 bridgehead atoms. The molecule has 2 heterocycles. The number of nitrogens with two attached hydrogens (primary N) is 1. The molecule has 0 aliphatic carbocycles. The van der Waals surface area contributed by atoms with Crippen LogP contribution in [0.2, 0.25) is 0 Å². The molecule has 26 heavy (non-hydrogen) atoms. The molecule has 0 saturated carbocycles. The Morgan fingerprint density at radius 2 is 2.00 bits per heavy atom. The zero-order valence-corrected chi connectivity index (χ0v) is 14.6. The van der Waals surface area contributed by atoms with Gasteiger partial charge in [0.05, 0.1) is 13.2 Å². The smallest absolute Gasteiger partial charge is 0.284 e. The Labute approximate surface area is 151 Å². The van der Waals surface area contributed by atoms with Crippen LogP contribution in [-0.2, 0) is 6.54 Å². The lowest BCUT2D eigenvalue weighted by Crippen LogP contribution is -2.30. The Morgan fingerprint density at radius 3 is 2.73 bits per heavy atom. The SMILES string of the molecule is CCNC(=NCc1ccc(C(N)=O)o1)Nc1ccc2c(c1)OCCCO2. The van der Waals surface area contributed by atoms with Crippen LogP contribution in [-0.4, -0.2) is 31.6 Å². The molecule has 1 aromatic carbocycles. The third-order valence-corrected chi connectivity index (χ3v) is 3.65. The lowest BCUT2D eigenvalue weighted by molar-refractivity contribution is 0.0972. The van der Waals surface area contributed by atoms with E-state index >= 15 is 0 Å². The molecule has 0 fully saturated rings. The Morgan fingerprint density at radius 1 is 1.19 bits per heavy atom.